The number of carbonyl (C=O) groups excluding carboxylic acids is 1. The van der Waals surface area contributed by atoms with Crippen molar-refractivity contribution in [3.05, 3.63) is 94.4 Å². The summed E-state index contributed by atoms with van der Waals surface area (Å²) in [6, 6.07) is 14.3. The molecule has 3 aromatic rings. The van der Waals surface area contributed by atoms with Gasteiger partial charge >= 0.3 is 6.61 Å². The molecule has 0 saturated heterocycles. The maximum Gasteiger partial charge on any atom is 0.387 e. The number of aliphatic hydroxyl groups is 1. The second-order valence-corrected chi connectivity index (χ2v) is 9.14. The van der Waals surface area contributed by atoms with Gasteiger partial charge in [0.25, 0.3) is 0 Å². The molecule has 1 N–H and O–H groups in total. The maximum atomic E-state index is 13.3. The molecule has 1 aliphatic carbocycles. The highest BCUT2D eigenvalue weighted by Gasteiger charge is 2.34. The third-order valence-corrected chi connectivity index (χ3v) is 6.33. The highest BCUT2D eigenvalue weighted by molar-refractivity contribution is 6.31. The van der Waals surface area contributed by atoms with E-state index in [1.54, 1.807) is 36.4 Å². The number of carbonyl (C=O) groups is 1. The van der Waals surface area contributed by atoms with Crippen molar-refractivity contribution in [2.45, 2.75) is 38.2 Å². The van der Waals surface area contributed by atoms with Crippen LogP contribution < -0.4 is 9.47 Å². The SMILES string of the molecule is C=C(O)c1ccc(CC(=O)C(CC2CC2)c2ccc(-c3cc(Cl)ccc3OC(F)F)c[n+]2[O-])cc1. The van der Waals surface area contributed by atoms with Gasteiger partial charge in [-0.1, -0.05) is 55.3 Å². The van der Waals surface area contributed by atoms with Gasteiger partial charge in [0.15, 0.2) is 12.0 Å². The maximum absolute atomic E-state index is 13.3. The van der Waals surface area contributed by atoms with Crippen molar-refractivity contribution < 1.29 is 28.1 Å². The van der Waals surface area contributed by atoms with Gasteiger partial charge in [-0.2, -0.15) is 13.5 Å². The lowest BCUT2D eigenvalue weighted by Gasteiger charge is -2.17. The van der Waals surface area contributed by atoms with Crippen LogP contribution in [0.5, 0.6) is 5.75 Å². The Labute approximate surface area is 206 Å². The van der Waals surface area contributed by atoms with Crippen molar-refractivity contribution >= 4 is 23.1 Å². The van der Waals surface area contributed by atoms with Gasteiger partial charge < -0.3 is 15.1 Å². The molecule has 0 radical (unpaired) electrons. The second-order valence-electron chi connectivity index (χ2n) is 8.71. The molecule has 1 aliphatic rings. The number of hydrogen-bond donors (Lipinski definition) is 1. The summed E-state index contributed by atoms with van der Waals surface area (Å²) in [5, 5.41) is 22.9. The highest BCUT2D eigenvalue weighted by atomic mass is 35.5. The molecule has 1 fully saturated rings. The molecule has 1 saturated carbocycles. The third-order valence-electron chi connectivity index (χ3n) is 6.09. The third kappa shape index (κ3) is 6.17. The Hall–Kier alpha value is -3.45. The number of Topliss-reactive ketones (excluding diaryl/α,β-unsaturated/α-hetero) is 1. The number of ketones is 1. The molecule has 0 spiro atoms. The summed E-state index contributed by atoms with van der Waals surface area (Å²) in [4.78, 5) is 13.3. The average Bonchev–Trinajstić information content (AvgIpc) is 3.63. The molecule has 5 nitrogen and oxygen atoms in total. The summed E-state index contributed by atoms with van der Waals surface area (Å²) >= 11 is 6.04. The van der Waals surface area contributed by atoms with E-state index in [1.165, 1.54) is 24.4 Å². The number of benzene rings is 2. The van der Waals surface area contributed by atoms with E-state index < -0.39 is 12.5 Å². The largest absolute Gasteiger partial charge is 0.618 e. The van der Waals surface area contributed by atoms with Crippen LogP contribution in [0.3, 0.4) is 0 Å². The topological polar surface area (TPSA) is 73.5 Å². The van der Waals surface area contributed by atoms with Crippen LogP contribution in [0.15, 0.2) is 67.4 Å². The van der Waals surface area contributed by atoms with Gasteiger partial charge in [-0.15, -0.1) is 0 Å². The predicted octanol–water partition coefficient (Wildman–Crippen LogP) is 6.47. The van der Waals surface area contributed by atoms with Crippen molar-refractivity contribution in [2.75, 3.05) is 0 Å². The lowest BCUT2D eigenvalue weighted by atomic mass is 9.89. The van der Waals surface area contributed by atoms with E-state index in [0.29, 0.717) is 38.9 Å². The number of halogens is 3. The Morgan fingerprint density at radius 2 is 1.89 bits per heavy atom. The monoisotopic (exact) mass is 499 g/mol. The number of rotatable bonds is 10. The van der Waals surface area contributed by atoms with Gasteiger partial charge in [-0.3, -0.25) is 4.79 Å². The minimum absolute atomic E-state index is 0.0521. The number of alkyl halides is 2. The first-order chi connectivity index (χ1) is 16.7. The van der Waals surface area contributed by atoms with Crippen molar-refractivity contribution in [3.8, 4) is 16.9 Å². The molecule has 0 aliphatic heterocycles. The van der Waals surface area contributed by atoms with E-state index in [2.05, 4.69) is 11.3 Å². The average molecular weight is 500 g/mol. The summed E-state index contributed by atoms with van der Waals surface area (Å²) in [7, 11) is 0. The van der Waals surface area contributed by atoms with Crippen molar-refractivity contribution in [2.24, 2.45) is 5.92 Å². The number of aliphatic hydroxyl groups excluding tert-OH is 1. The van der Waals surface area contributed by atoms with Crippen LogP contribution in [0, 0.1) is 11.1 Å². The first-order valence-corrected chi connectivity index (χ1v) is 11.6. The van der Waals surface area contributed by atoms with Gasteiger partial charge in [0.2, 0.25) is 5.69 Å². The number of aromatic nitrogens is 1. The lowest BCUT2D eigenvalue weighted by molar-refractivity contribution is -0.614. The van der Waals surface area contributed by atoms with Crippen LogP contribution >= 0.6 is 11.6 Å². The van der Waals surface area contributed by atoms with E-state index in [4.69, 9.17) is 11.6 Å². The summed E-state index contributed by atoms with van der Waals surface area (Å²) < 4.78 is 30.9. The van der Waals surface area contributed by atoms with Gasteiger partial charge in [0.1, 0.15) is 17.4 Å². The van der Waals surface area contributed by atoms with Crippen LogP contribution in [-0.4, -0.2) is 17.5 Å². The Morgan fingerprint density at radius 1 is 1.17 bits per heavy atom. The molecule has 1 unspecified atom stereocenters. The smallest absolute Gasteiger partial charge is 0.387 e. The molecule has 2 aromatic carbocycles. The molecule has 182 valence electrons. The zero-order valence-corrected chi connectivity index (χ0v) is 19.6. The number of ether oxygens (including phenoxy) is 1. The van der Waals surface area contributed by atoms with Crippen LogP contribution in [0.2, 0.25) is 5.02 Å². The first kappa shape index (κ1) is 24.7. The fourth-order valence-corrected chi connectivity index (χ4v) is 4.26. The number of pyridine rings is 1. The quantitative estimate of drug-likeness (QED) is 0.197. The Morgan fingerprint density at radius 3 is 2.49 bits per heavy atom. The summed E-state index contributed by atoms with van der Waals surface area (Å²) in [6.45, 7) is 0.456. The van der Waals surface area contributed by atoms with E-state index in [1.807, 2.05) is 0 Å². The van der Waals surface area contributed by atoms with Gasteiger partial charge in [-0.05, 0) is 42.2 Å². The minimum Gasteiger partial charge on any atom is -0.618 e. The molecule has 35 heavy (non-hydrogen) atoms. The molecule has 4 rings (SSSR count). The molecule has 0 amide bonds. The Bertz CT molecular complexity index is 1240. The van der Waals surface area contributed by atoms with Crippen LogP contribution in [0.25, 0.3) is 16.9 Å². The van der Waals surface area contributed by atoms with Crippen LogP contribution in [-0.2, 0) is 11.2 Å². The Kier molecular flexibility index (Phi) is 7.36. The van der Waals surface area contributed by atoms with Crippen molar-refractivity contribution in [1.82, 2.24) is 0 Å². The van der Waals surface area contributed by atoms with E-state index in [-0.39, 0.29) is 29.3 Å². The zero-order valence-electron chi connectivity index (χ0n) is 18.8. The van der Waals surface area contributed by atoms with Crippen molar-refractivity contribution in [3.63, 3.8) is 0 Å². The first-order valence-electron chi connectivity index (χ1n) is 11.2. The number of nitrogens with zero attached hydrogens (tertiary/aromatic N) is 1. The molecular formula is C27H24ClF2NO4. The predicted molar refractivity (Wildman–Crippen MR) is 129 cm³/mol. The van der Waals surface area contributed by atoms with E-state index >= 15 is 0 Å². The van der Waals surface area contributed by atoms with Gasteiger partial charge in [0.05, 0.1) is 5.56 Å². The fourth-order valence-electron chi connectivity index (χ4n) is 4.09. The summed E-state index contributed by atoms with van der Waals surface area (Å²) in [5.41, 5.74) is 2.25. The molecule has 1 aromatic heterocycles. The fraction of sp³-hybridized carbons (Fsp3) is 0.259. The Balaban J connectivity index is 1.61. The van der Waals surface area contributed by atoms with Crippen molar-refractivity contribution in [1.29, 1.82) is 0 Å². The normalized spacial score (nSPS) is 14.1. The molecular weight excluding hydrogens is 476 g/mol. The molecule has 8 heteroatoms. The van der Waals surface area contributed by atoms with Gasteiger partial charge in [0, 0.05) is 28.6 Å². The highest BCUT2D eigenvalue weighted by Crippen LogP contribution is 2.39. The standard InChI is InChI=1S/C27H24ClF2NO4/c1-16(32)19-6-4-18(5-7-19)13-25(33)23(12-17-2-3-17)24-10-8-20(15-31(24)34)22-14-21(28)9-11-26(22)35-27(29)30/h4-11,14-15,17,23,27,32H,1-3,12-13H2. The van der Waals surface area contributed by atoms with Gasteiger partial charge in [-0.25, -0.2) is 0 Å². The zero-order chi connectivity index (χ0) is 25.1. The number of hydrogen-bond acceptors (Lipinski definition) is 4. The van der Waals surface area contributed by atoms with Crippen LogP contribution in [0.4, 0.5) is 8.78 Å². The molecule has 1 atom stereocenters. The van der Waals surface area contributed by atoms with E-state index in [9.17, 15) is 23.9 Å². The summed E-state index contributed by atoms with van der Waals surface area (Å²) in [5.74, 6) is -0.449. The van der Waals surface area contributed by atoms with Crippen LogP contribution in [0.1, 0.15) is 42.0 Å². The lowest BCUT2D eigenvalue weighted by Crippen LogP contribution is -2.36. The second kappa shape index (κ2) is 10.4. The molecule has 1 heterocycles. The van der Waals surface area contributed by atoms with E-state index in [0.717, 1.165) is 18.4 Å². The molecule has 0 bridgehead atoms. The minimum atomic E-state index is -3.03. The summed E-state index contributed by atoms with van der Waals surface area (Å²) in [6.07, 6.45) is 4.00.